The molecule has 1 heterocycles. The molecule has 1 aromatic heterocycles. The molecule has 1 N–H and O–H groups in total. The van der Waals surface area contributed by atoms with E-state index in [0.29, 0.717) is 16.3 Å². The van der Waals surface area contributed by atoms with E-state index in [1.165, 1.54) is 0 Å². The molecule has 2 rings (SSSR count). The lowest BCUT2D eigenvalue weighted by Crippen LogP contribution is -2.13. The third-order valence-corrected chi connectivity index (χ3v) is 3.32. The van der Waals surface area contributed by atoms with Crippen LogP contribution in [0.2, 0.25) is 5.02 Å². The molecule has 0 aliphatic carbocycles. The van der Waals surface area contributed by atoms with Gasteiger partial charge in [0, 0.05) is 23.0 Å². The number of nitrogens with one attached hydrogen (secondary N) is 1. The molecule has 1 aromatic carbocycles. The SMILES string of the molecule is Cc1cc(Cl)ccc1C(=O)Nc1ccncc1Br. The minimum atomic E-state index is -0.170. The summed E-state index contributed by atoms with van der Waals surface area (Å²) in [6, 6.07) is 6.90. The maximum Gasteiger partial charge on any atom is 0.255 e. The summed E-state index contributed by atoms with van der Waals surface area (Å²) in [5.74, 6) is -0.170. The summed E-state index contributed by atoms with van der Waals surface area (Å²) in [5, 5.41) is 3.44. The number of pyridine rings is 1. The second kappa shape index (κ2) is 5.50. The van der Waals surface area contributed by atoms with E-state index in [9.17, 15) is 4.79 Å². The molecular formula is C13H10BrClN2O. The Bertz CT molecular complexity index is 601. The molecule has 0 aliphatic rings. The Hall–Kier alpha value is -1.39. The highest BCUT2D eigenvalue weighted by Gasteiger charge is 2.10. The molecule has 0 unspecified atom stereocenters. The van der Waals surface area contributed by atoms with E-state index < -0.39 is 0 Å². The van der Waals surface area contributed by atoms with Crippen LogP contribution in [0.5, 0.6) is 0 Å². The van der Waals surface area contributed by atoms with Gasteiger partial charge in [-0.2, -0.15) is 0 Å². The van der Waals surface area contributed by atoms with Crippen molar-refractivity contribution in [2.24, 2.45) is 0 Å². The third-order valence-electron chi connectivity index (χ3n) is 2.45. The lowest BCUT2D eigenvalue weighted by Gasteiger charge is -2.09. The van der Waals surface area contributed by atoms with Crippen LogP contribution >= 0.6 is 27.5 Å². The molecule has 0 saturated carbocycles. The third kappa shape index (κ3) is 2.89. The topological polar surface area (TPSA) is 42.0 Å². The van der Waals surface area contributed by atoms with Gasteiger partial charge in [0.15, 0.2) is 0 Å². The molecule has 0 radical (unpaired) electrons. The predicted octanol–water partition coefficient (Wildman–Crippen LogP) is 4.06. The summed E-state index contributed by atoms with van der Waals surface area (Å²) in [6.07, 6.45) is 3.25. The van der Waals surface area contributed by atoms with Gasteiger partial charge in [0.05, 0.1) is 10.2 Å². The van der Waals surface area contributed by atoms with Crippen LogP contribution in [0.4, 0.5) is 5.69 Å². The first kappa shape index (κ1) is 13.1. The van der Waals surface area contributed by atoms with Crippen molar-refractivity contribution in [1.82, 2.24) is 4.98 Å². The van der Waals surface area contributed by atoms with Crippen molar-refractivity contribution in [3.05, 3.63) is 57.3 Å². The highest BCUT2D eigenvalue weighted by atomic mass is 79.9. The number of hydrogen-bond donors (Lipinski definition) is 1. The number of halogens is 2. The minimum Gasteiger partial charge on any atom is -0.321 e. The molecule has 2 aromatic rings. The second-order valence-corrected chi connectivity index (χ2v) is 5.06. The van der Waals surface area contributed by atoms with Gasteiger partial charge in [-0.25, -0.2) is 0 Å². The highest BCUT2D eigenvalue weighted by Crippen LogP contribution is 2.22. The molecule has 0 atom stereocenters. The summed E-state index contributed by atoms with van der Waals surface area (Å²) in [5.41, 5.74) is 2.12. The maximum atomic E-state index is 12.1. The van der Waals surface area contributed by atoms with Crippen LogP contribution in [-0.4, -0.2) is 10.9 Å². The Labute approximate surface area is 118 Å². The van der Waals surface area contributed by atoms with Crippen LogP contribution in [0, 0.1) is 6.92 Å². The van der Waals surface area contributed by atoms with Gasteiger partial charge in [-0.05, 0) is 52.7 Å². The molecule has 0 fully saturated rings. The average molecular weight is 326 g/mol. The summed E-state index contributed by atoms with van der Waals surface area (Å²) < 4.78 is 0.741. The molecule has 0 aliphatic heterocycles. The van der Waals surface area contributed by atoms with Crippen molar-refractivity contribution in [2.75, 3.05) is 5.32 Å². The van der Waals surface area contributed by atoms with E-state index in [-0.39, 0.29) is 5.91 Å². The standard InChI is InChI=1S/C13H10BrClN2O/c1-8-6-9(15)2-3-10(8)13(18)17-12-4-5-16-7-11(12)14/h2-7H,1H3,(H,16,17,18). The van der Waals surface area contributed by atoms with E-state index in [0.717, 1.165) is 10.0 Å². The summed E-state index contributed by atoms with van der Waals surface area (Å²) >= 11 is 9.19. The number of carbonyl (C=O) groups is 1. The van der Waals surface area contributed by atoms with Crippen LogP contribution in [0.15, 0.2) is 41.1 Å². The van der Waals surface area contributed by atoms with Crippen molar-refractivity contribution in [3.8, 4) is 0 Å². The van der Waals surface area contributed by atoms with Gasteiger partial charge in [0.1, 0.15) is 0 Å². The van der Waals surface area contributed by atoms with E-state index in [2.05, 4.69) is 26.2 Å². The lowest BCUT2D eigenvalue weighted by atomic mass is 10.1. The predicted molar refractivity (Wildman–Crippen MR) is 76.1 cm³/mol. The largest absolute Gasteiger partial charge is 0.321 e. The molecule has 5 heteroatoms. The number of rotatable bonds is 2. The van der Waals surface area contributed by atoms with Gasteiger partial charge in [0.25, 0.3) is 5.91 Å². The van der Waals surface area contributed by atoms with Crippen molar-refractivity contribution < 1.29 is 4.79 Å². The zero-order valence-electron chi connectivity index (χ0n) is 9.58. The normalized spacial score (nSPS) is 10.2. The van der Waals surface area contributed by atoms with Crippen molar-refractivity contribution in [3.63, 3.8) is 0 Å². The number of aromatic nitrogens is 1. The van der Waals surface area contributed by atoms with Gasteiger partial charge in [-0.15, -0.1) is 0 Å². The fraction of sp³-hybridized carbons (Fsp3) is 0.0769. The lowest BCUT2D eigenvalue weighted by molar-refractivity contribution is 0.102. The van der Waals surface area contributed by atoms with Crippen LogP contribution in [0.25, 0.3) is 0 Å². The van der Waals surface area contributed by atoms with Gasteiger partial charge < -0.3 is 5.32 Å². The summed E-state index contributed by atoms with van der Waals surface area (Å²) in [4.78, 5) is 16.0. The van der Waals surface area contributed by atoms with Gasteiger partial charge >= 0.3 is 0 Å². The van der Waals surface area contributed by atoms with Crippen LogP contribution in [0.1, 0.15) is 15.9 Å². The second-order valence-electron chi connectivity index (χ2n) is 3.77. The molecular weight excluding hydrogens is 316 g/mol. The van der Waals surface area contributed by atoms with E-state index in [1.807, 2.05) is 6.92 Å². The number of hydrogen-bond acceptors (Lipinski definition) is 2. The Kier molecular flexibility index (Phi) is 3.99. The maximum absolute atomic E-state index is 12.1. The quantitative estimate of drug-likeness (QED) is 0.905. The average Bonchev–Trinajstić information content (AvgIpc) is 2.32. The van der Waals surface area contributed by atoms with E-state index in [1.54, 1.807) is 36.7 Å². The minimum absolute atomic E-state index is 0.170. The molecule has 18 heavy (non-hydrogen) atoms. The number of carbonyl (C=O) groups excluding carboxylic acids is 1. The van der Waals surface area contributed by atoms with Crippen LogP contribution in [-0.2, 0) is 0 Å². The Morgan fingerprint density at radius 2 is 2.17 bits per heavy atom. The summed E-state index contributed by atoms with van der Waals surface area (Å²) in [7, 11) is 0. The Balaban J connectivity index is 2.25. The van der Waals surface area contributed by atoms with Crippen LogP contribution in [0.3, 0.4) is 0 Å². The number of anilines is 1. The monoisotopic (exact) mass is 324 g/mol. The zero-order chi connectivity index (χ0) is 13.1. The first-order chi connectivity index (χ1) is 8.58. The smallest absolute Gasteiger partial charge is 0.255 e. The van der Waals surface area contributed by atoms with Crippen molar-refractivity contribution in [2.45, 2.75) is 6.92 Å². The molecule has 0 spiro atoms. The molecule has 0 bridgehead atoms. The highest BCUT2D eigenvalue weighted by molar-refractivity contribution is 9.10. The Morgan fingerprint density at radius 1 is 1.39 bits per heavy atom. The van der Waals surface area contributed by atoms with Gasteiger partial charge in [-0.3, -0.25) is 9.78 Å². The number of benzene rings is 1. The number of nitrogens with zero attached hydrogens (tertiary/aromatic N) is 1. The van der Waals surface area contributed by atoms with E-state index in [4.69, 9.17) is 11.6 Å². The van der Waals surface area contributed by atoms with Crippen LogP contribution < -0.4 is 5.32 Å². The fourth-order valence-corrected chi connectivity index (χ4v) is 2.12. The molecule has 3 nitrogen and oxygen atoms in total. The van der Waals surface area contributed by atoms with Crippen molar-refractivity contribution in [1.29, 1.82) is 0 Å². The van der Waals surface area contributed by atoms with Gasteiger partial charge in [0.2, 0.25) is 0 Å². The van der Waals surface area contributed by atoms with E-state index >= 15 is 0 Å². The summed E-state index contributed by atoms with van der Waals surface area (Å²) in [6.45, 7) is 1.85. The Morgan fingerprint density at radius 3 is 2.83 bits per heavy atom. The number of aryl methyl sites for hydroxylation is 1. The first-order valence-electron chi connectivity index (χ1n) is 5.25. The molecule has 1 amide bonds. The first-order valence-corrected chi connectivity index (χ1v) is 6.42. The number of amides is 1. The fourth-order valence-electron chi connectivity index (χ4n) is 1.55. The van der Waals surface area contributed by atoms with Gasteiger partial charge in [-0.1, -0.05) is 11.6 Å². The zero-order valence-corrected chi connectivity index (χ0v) is 11.9. The van der Waals surface area contributed by atoms with Crippen molar-refractivity contribution >= 4 is 39.1 Å². The molecule has 0 saturated heterocycles. The molecule has 92 valence electrons.